The number of rotatable bonds is 8. The number of carbonyl (C=O) groups is 1. The summed E-state index contributed by atoms with van der Waals surface area (Å²) in [5.41, 5.74) is 1.63. The number of hydrogen-bond acceptors (Lipinski definition) is 5. The van der Waals surface area contributed by atoms with Crippen molar-refractivity contribution in [1.29, 1.82) is 5.26 Å². The summed E-state index contributed by atoms with van der Waals surface area (Å²) in [5.74, 6) is -1.13. The van der Waals surface area contributed by atoms with Crippen molar-refractivity contribution in [2.24, 2.45) is 5.92 Å². The first kappa shape index (κ1) is 25.4. The monoisotopic (exact) mass is 518 g/mol. The van der Waals surface area contributed by atoms with E-state index in [9.17, 15) is 28.3 Å². The molecule has 2 atom stereocenters. The normalized spacial score (nSPS) is 19.8. The highest BCUT2D eigenvalue weighted by Gasteiger charge is 2.58. The van der Waals surface area contributed by atoms with E-state index in [1.165, 1.54) is 24.3 Å². The SMILES string of the molecule is N#Cc1cccc(N2NC(C(F)(F)F)=CC2(C(=O)O)C(NCC2CC2)c2ccc(-c3ccccc3)cc2)c1. The van der Waals surface area contributed by atoms with E-state index in [4.69, 9.17) is 0 Å². The van der Waals surface area contributed by atoms with Crippen LogP contribution < -0.4 is 15.8 Å². The van der Waals surface area contributed by atoms with Crippen molar-refractivity contribution in [1.82, 2.24) is 10.7 Å². The van der Waals surface area contributed by atoms with Crippen LogP contribution in [0.4, 0.5) is 18.9 Å². The number of hydrogen-bond donors (Lipinski definition) is 3. The minimum atomic E-state index is -4.82. The number of nitrogens with one attached hydrogen (secondary N) is 2. The second kappa shape index (κ2) is 9.88. The third-order valence-electron chi connectivity index (χ3n) is 6.95. The van der Waals surface area contributed by atoms with Crippen LogP contribution in [-0.2, 0) is 4.79 Å². The number of anilines is 1. The molecule has 2 unspecified atom stereocenters. The molecule has 0 amide bonds. The van der Waals surface area contributed by atoms with Gasteiger partial charge in [0.25, 0.3) is 0 Å². The summed E-state index contributed by atoms with van der Waals surface area (Å²) in [6.07, 6.45) is -2.13. The maximum atomic E-state index is 14.0. The Morgan fingerprint density at radius 1 is 1.08 bits per heavy atom. The van der Waals surface area contributed by atoms with Gasteiger partial charge in [0.2, 0.25) is 0 Å². The lowest BCUT2D eigenvalue weighted by Crippen LogP contribution is -2.61. The van der Waals surface area contributed by atoms with Gasteiger partial charge >= 0.3 is 12.1 Å². The maximum Gasteiger partial charge on any atom is 0.432 e. The first-order valence-corrected chi connectivity index (χ1v) is 12.2. The number of hydrazine groups is 1. The fourth-order valence-electron chi connectivity index (χ4n) is 4.79. The van der Waals surface area contributed by atoms with E-state index in [-0.39, 0.29) is 11.3 Å². The van der Waals surface area contributed by atoms with Crippen LogP contribution in [0.15, 0.2) is 90.6 Å². The van der Waals surface area contributed by atoms with E-state index >= 15 is 0 Å². The summed E-state index contributed by atoms with van der Waals surface area (Å²) < 4.78 is 42.0. The summed E-state index contributed by atoms with van der Waals surface area (Å²) in [6, 6.07) is 23.6. The van der Waals surface area contributed by atoms with Crippen LogP contribution in [0.2, 0.25) is 0 Å². The summed E-state index contributed by atoms with van der Waals surface area (Å²) in [4.78, 5) is 13.1. The predicted molar refractivity (Wildman–Crippen MR) is 137 cm³/mol. The first-order valence-electron chi connectivity index (χ1n) is 12.2. The molecule has 0 aromatic heterocycles. The Balaban J connectivity index is 1.65. The number of benzene rings is 3. The highest BCUT2D eigenvalue weighted by molar-refractivity contribution is 5.89. The van der Waals surface area contributed by atoms with Crippen LogP contribution in [0.25, 0.3) is 11.1 Å². The van der Waals surface area contributed by atoms with Crippen molar-refractivity contribution in [3.05, 3.63) is 102 Å². The zero-order valence-corrected chi connectivity index (χ0v) is 20.2. The molecular formula is C29H25F3N4O2. The number of halogens is 3. The van der Waals surface area contributed by atoms with Gasteiger partial charge in [-0.3, -0.25) is 10.4 Å². The molecule has 1 aliphatic carbocycles. The lowest BCUT2D eigenvalue weighted by atomic mass is 9.83. The molecule has 9 heteroatoms. The molecule has 0 radical (unpaired) electrons. The van der Waals surface area contributed by atoms with Gasteiger partial charge < -0.3 is 10.4 Å². The summed E-state index contributed by atoms with van der Waals surface area (Å²) in [7, 11) is 0. The van der Waals surface area contributed by atoms with Gasteiger partial charge in [0.15, 0.2) is 5.54 Å². The predicted octanol–water partition coefficient (Wildman–Crippen LogP) is 5.56. The van der Waals surface area contributed by atoms with Gasteiger partial charge in [0.1, 0.15) is 5.70 Å². The quantitative estimate of drug-likeness (QED) is 0.362. The fourth-order valence-corrected chi connectivity index (χ4v) is 4.79. The standard InChI is InChI=1S/C29H25F3N4O2/c30-29(31,32)25-16-28(27(37)38,36(35-25)24-8-4-5-20(15-24)17-33)26(34-18-19-9-10-19)23-13-11-22(12-14-23)21-6-2-1-3-7-21/h1-8,11-16,19,26,34-35H,9-10,18H2,(H,37,38). The van der Waals surface area contributed by atoms with Crippen LogP contribution >= 0.6 is 0 Å². The number of carboxylic acids is 1. The molecule has 38 heavy (non-hydrogen) atoms. The second-order valence-corrected chi connectivity index (χ2v) is 9.57. The average Bonchev–Trinajstić information content (AvgIpc) is 3.65. The molecule has 3 aromatic rings. The summed E-state index contributed by atoms with van der Waals surface area (Å²) in [6.45, 7) is 0.460. The largest absolute Gasteiger partial charge is 0.479 e. The Hall–Kier alpha value is -4.29. The van der Waals surface area contributed by atoms with E-state index in [1.54, 1.807) is 12.1 Å². The third-order valence-corrected chi connectivity index (χ3v) is 6.95. The molecule has 5 rings (SSSR count). The van der Waals surface area contributed by atoms with Crippen LogP contribution in [0.5, 0.6) is 0 Å². The van der Waals surface area contributed by atoms with Gasteiger partial charge in [-0.1, -0.05) is 60.7 Å². The van der Waals surface area contributed by atoms with Gasteiger partial charge in [-0.15, -0.1) is 0 Å². The first-order chi connectivity index (χ1) is 18.2. The molecule has 6 nitrogen and oxygen atoms in total. The van der Waals surface area contributed by atoms with Crippen molar-refractivity contribution < 1.29 is 23.1 Å². The van der Waals surface area contributed by atoms with E-state index in [2.05, 4.69) is 10.7 Å². The Bertz CT molecular complexity index is 1400. The van der Waals surface area contributed by atoms with Crippen molar-refractivity contribution >= 4 is 11.7 Å². The highest BCUT2D eigenvalue weighted by atomic mass is 19.4. The lowest BCUT2D eigenvalue weighted by Gasteiger charge is -2.41. The van der Waals surface area contributed by atoms with Crippen LogP contribution in [0.1, 0.15) is 30.0 Å². The van der Waals surface area contributed by atoms with Gasteiger partial charge in [-0.05, 0) is 66.3 Å². The molecule has 3 N–H and O–H groups in total. The van der Waals surface area contributed by atoms with Gasteiger partial charge in [0, 0.05) is 0 Å². The molecule has 194 valence electrons. The maximum absolute atomic E-state index is 14.0. The minimum Gasteiger partial charge on any atom is -0.479 e. The number of alkyl halides is 3. The van der Waals surface area contributed by atoms with E-state index in [0.717, 1.165) is 35.1 Å². The van der Waals surface area contributed by atoms with E-state index in [0.29, 0.717) is 18.0 Å². The molecule has 1 aliphatic heterocycles. The number of aliphatic carboxylic acids is 1. The molecule has 0 saturated heterocycles. The molecule has 1 heterocycles. The number of allylic oxidation sites excluding steroid dienone is 1. The van der Waals surface area contributed by atoms with Crippen LogP contribution in [-0.4, -0.2) is 29.3 Å². The lowest BCUT2D eigenvalue weighted by molar-refractivity contribution is -0.142. The molecule has 0 spiro atoms. The molecular weight excluding hydrogens is 493 g/mol. The zero-order valence-electron chi connectivity index (χ0n) is 20.2. The molecule has 3 aromatic carbocycles. The number of nitrogens with zero attached hydrogens (tertiary/aromatic N) is 2. The van der Waals surface area contributed by atoms with Gasteiger partial charge in [-0.25, -0.2) is 4.79 Å². The van der Waals surface area contributed by atoms with Crippen molar-refractivity contribution in [3.8, 4) is 17.2 Å². The molecule has 0 bridgehead atoms. The Labute approximate surface area is 218 Å². The van der Waals surface area contributed by atoms with Crippen molar-refractivity contribution in [2.45, 2.75) is 30.6 Å². The molecule has 2 aliphatic rings. The minimum absolute atomic E-state index is 0.126. The summed E-state index contributed by atoms with van der Waals surface area (Å²) in [5, 5.41) is 24.3. The molecule has 1 fully saturated rings. The number of carboxylic acid groups (broad SMARTS) is 1. The summed E-state index contributed by atoms with van der Waals surface area (Å²) >= 11 is 0. The van der Waals surface area contributed by atoms with E-state index in [1.807, 2.05) is 48.5 Å². The second-order valence-electron chi connectivity index (χ2n) is 9.57. The molecule has 1 saturated carbocycles. The smallest absolute Gasteiger partial charge is 0.432 e. The third kappa shape index (κ3) is 4.83. The fraction of sp³-hybridized carbons (Fsp3) is 0.241. The topological polar surface area (TPSA) is 88.4 Å². The van der Waals surface area contributed by atoms with Crippen LogP contribution in [0.3, 0.4) is 0 Å². The average molecular weight is 519 g/mol. The zero-order chi connectivity index (χ0) is 26.9. The van der Waals surface area contributed by atoms with Crippen LogP contribution in [0, 0.1) is 17.2 Å². The Morgan fingerprint density at radius 3 is 2.37 bits per heavy atom. The highest BCUT2D eigenvalue weighted by Crippen LogP contribution is 2.44. The number of nitriles is 1. The van der Waals surface area contributed by atoms with Gasteiger partial charge in [0.05, 0.1) is 23.4 Å². The van der Waals surface area contributed by atoms with Crippen molar-refractivity contribution in [3.63, 3.8) is 0 Å². The Morgan fingerprint density at radius 2 is 1.76 bits per heavy atom. The van der Waals surface area contributed by atoms with E-state index < -0.39 is 29.4 Å². The van der Waals surface area contributed by atoms with Crippen molar-refractivity contribution in [2.75, 3.05) is 11.6 Å². The Kier molecular flexibility index (Phi) is 6.59. The van der Waals surface area contributed by atoms with Gasteiger partial charge in [-0.2, -0.15) is 18.4 Å².